The first-order chi connectivity index (χ1) is 13.7. The van der Waals surface area contributed by atoms with Gasteiger partial charge in [0.25, 0.3) is 5.89 Å². The van der Waals surface area contributed by atoms with Crippen molar-refractivity contribution >= 4 is 17.3 Å². The zero-order chi connectivity index (χ0) is 19.3. The molecule has 0 radical (unpaired) electrons. The quantitative estimate of drug-likeness (QED) is 0.651. The van der Waals surface area contributed by atoms with Gasteiger partial charge >= 0.3 is 0 Å². The first-order valence-corrected chi connectivity index (χ1v) is 9.76. The number of hydrogen-bond acceptors (Lipinski definition) is 6. The molecule has 2 aromatic carbocycles. The molecule has 0 aliphatic carbocycles. The molecule has 7 heteroatoms. The van der Waals surface area contributed by atoms with Crippen LogP contribution in [0.1, 0.15) is 17.9 Å². The third kappa shape index (κ3) is 4.52. The molecule has 1 fully saturated rings. The summed E-state index contributed by atoms with van der Waals surface area (Å²) in [7, 11) is 2.02. The molecule has 0 spiro atoms. The van der Waals surface area contributed by atoms with Crippen LogP contribution in [0.2, 0.25) is 5.02 Å². The van der Waals surface area contributed by atoms with Crippen LogP contribution in [0.5, 0.6) is 0 Å². The number of anilines is 1. The standard InChI is InChI=1S/C21H23ClN4O2/c1-23-18-10-11-26(12-18)19-8-4-16(5-9-19)21-24-20(28-25-21)14-27-13-15-2-6-17(22)7-3-15/h2-9,18,23H,10-14H2,1H3/t18-/m1/s1. The summed E-state index contributed by atoms with van der Waals surface area (Å²) in [5, 5.41) is 8.12. The first kappa shape index (κ1) is 18.9. The van der Waals surface area contributed by atoms with E-state index in [1.54, 1.807) is 0 Å². The molecule has 6 nitrogen and oxygen atoms in total. The van der Waals surface area contributed by atoms with E-state index < -0.39 is 0 Å². The van der Waals surface area contributed by atoms with E-state index in [2.05, 4.69) is 32.5 Å². The van der Waals surface area contributed by atoms with Crippen LogP contribution in [-0.2, 0) is 18.0 Å². The maximum atomic E-state index is 5.88. The Balaban J connectivity index is 1.33. The van der Waals surface area contributed by atoms with E-state index in [-0.39, 0.29) is 6.61 Å². The van der Waals surface area contributed by atoms with Gasteiger partial charge in [-0.05, 0) is 55.4 Å². The van der Waals surface area contributed by atoms with Gasteiger partial charge in [-0.3, -0.25) is 0 Å². The van der Waals surface area contributed by atoms with Crippen LogP contribution in [0, 0.1) is 0 Å². The molecule has 0 unspecified atom stereocenters. The summed E-state index contributed by atoms with van der Waals surface area (Å²) in [6.45, 7) is 2.84. The lowest BCUT2D eigenvalue weighted by Gasteiger charge is -2.18. The molecular weight excluding hydrogens is 376 g/mol. The summed E-state index contributed by atoms with van der Waals surface area (Å²) >= 11 is 5.88. The number of benzene rings is 2. The Morgan fingerprint density at radius 2 is 1.93 bits per heavy atom. The minimum absolute atomic E-state index is 0.271. The normalized spacial score (nSPS) is 16.6. The van der Waals surface area contributed by atoms with E-state index in [9.17, 15) is 0 Å². The molecule has 3 aromatic rings. The molecule has 1 aromatic heterocycles. The lowest BCUT2D eigenvalue weighted by atomic mass is 10.2. The minimum atomic E-state index is 0.271. The summed E-state index contributed by atoms with van der Waals surface area (Å²) in [6, 6.07) is 16.4. The molecule has 0 amide bonds. The second-order valence-corrected chi connectivity index (χ2v) is 7.33. The fourth-order valence-electron chi connectivity index (χ4n) is 3.32. The number of ether oxygens (including phenoxy) is 1. The topological polar surface area (TPSA) is 63.4 Å². The Bertz CT molecular complexity index is 896. The molecule has 28 heavy (non-hydrogen) atoms. The van der Waals surface area contributed by atoms with Gasteiger partial charge in [0, 0.05) is 35.4 Å². The third-order valence-corrected chi connectivity index (χ3v) is 5.21. The average Bonchev–Trinajstić information content (AvgIpc) is 3.39. The Morgan fingerprint density at radius 1 is 1.14 bits per heavy atom. The number of aromatic nitrogens is 2. The average molecular weight is 399 g/mol. The molecule has 1 aliphatic rings. The first-order valence-electron chi connectivity index (χ1n) is 9.38. The number of rotatable bonds is 7. The lowest BCUT2D eigenvalue weighted by Crippen LogP contribution is -2.29. The molecule has 1 aliphatic heterocycles. The highest BCUT2D eigenvalue weighted by Crippen LogP contribution is 2.24. The fraction of sp³-hybridized carbons (Fsp3) is 0.333. The summed E-state index contributed by atoms with van der Waals surface area (Å²) in [6.07, 6.45) is 1.17. The monoisotopic (exact) mass is 398 g/mol. The van der Waals surface area contributed by atoms with Crippen LogP contribution in [0.4, 0.5) is 5.69 Å². The second kappa shape index (κ2) is 8.73. The Morgan fingerprint density at radius 3 is 2.64 bits per heavy atom. The highest BCUT2D eigenvalue weighted by atomic mass is 35.5. The molecule has 2 heterocycles. The molecule has 0 saturated carbocycles. The number of halogens is 1. The van der Waals surface area contributed by atoms with Crippen molar-refractivity contribution < 1.29 is 9.26 Å². The molecule has 0 bridgehead atoms. The van der Waals surface area contributed by atoms with E-state index >= 15 is 0 Å². The van der Waals surface area contributed by atoms with Crippen LogP contribution in [0.3, 0.4) is 0 Å². The van der Waals surface area contributed by atoms with Gasteiger partial charge in [0.2, 0.25) is 5.82 Å². The van der Waals surface area contributed by atoms with Gasteiger partial charge in [-0.25, -0.2) is 0 Å². The van der Waals surface area contributed by atoms with Crippen molar-refractivity contribution in [2.45, 2.75) is 25.7 Å². The van der Waals surface area contributed by atoms with Crippen LogP contribution in [-0.4, -0.2) is 36.3 Å². The maximum absolute atomic E-state index is 5.88. The van der Waals surface area contributed by atoms with Gasteiger partial charge in [-0.1, -0.05) is 28.9 Å². The number of likely N-dealkylation sites (N-methyl/N-ethyl adjacent to an activating group) is 1. The Labute approximate surface area is 169 Å². The van der Waals surface area contributed by atoms with Crippen LogP contribution >= 0.6 is 11.6 Å². The summed E-state index contributed by atoms with van der Waals surface area (Å²) in [4.78, 5) is 6.82. The molecule has 146 valence electrons. The second-order valence-electron chi connectivity index (χ2n) is 6.90. The molecule has 1 N–H and O–H groups in total. The van der Waals surface area contributed by atoms with Gasteiger partial charge in [-0.15, -0.1) is 0 Å². The van der Waals surface area contributed by atoms with Crippen LogP contribution in [0.25, 0.3) is 11.4 Å². The van der Waals surface area contributed by atoms with Crippen molar-refractivity contribution in [2.24, 2.45) is 0 Å². The van der Waals surface area contributed by atoms with E-state index in [0.29, 0.717) is 29.4 Å². The van der Waals surface area contributed by atoms with E-state index in [1.807, 2.05) is 43.4 Å². The summed E-state index contributed by atoms with van der Waals surface area (Å²) < 4.78 is 11.0. The SMILES string of the molecule is CN[C@@H]1CCN(c2ccc(-c3noc(COCc4ccc(Cl)cc4)n3)cc2)C1. The van der Waals surface area contributed by atoms with Gasteiger partial charge in [0.1, 0.15) is 6.61 Å². The zero-order valence-electron chi connectivity index (χ0n) is 15.8. The summed E-state index contributed by atoms with van der Waals surface area (Å²) in [5.41, 5.74) is 3.19. The highest BCUT2D eigenvalue weighted by Gasteiger charge is 2.21. The van der Waals surface area contributed by atoms with Crippen molar-refractivity contribution in [3.8, 4) is 11.4 Å². The Kier molecular flexibility index (Phi) is 5.90. The zero-order valence-corrected chi connectivity index (χ0v) is 16.5. The minimum Gasteiger partial charge on any atom is -0.370 e. The smallest absolute Gasteiger partial charge is 0.252 e. The van der Waals surface area contributed by atoms with Crippen molar-refractivity contribution in [2.75, 3.05) is 25.0 Å². The molecule has 4 rings (SSSR count). The molecular formula is C21H23ClN4O2. The van der Waals surface area contributed by atoms with Gasteiger partial charge in [0.15, 0.2) is 0 Å². The van der Waals surface area contributed by atoms with Gasteiger partial charge in [-0.2, -0.15) is 4.98 Å². The van der Waals surface area contributed by atoms with Crippen molar-refractivity contribution in [1.82, 2.24) is 15.5 Å². The van der Waals surface area contributed by atoms with E-state index in [0.717, 1.165) is 24.2 Å². The predicted molar refractivity (Wildman–Crippen MR) is 109 cm³/mol. The van der Waals surface area contributed by atoms with Crippen molar-refractivity contribution in [1.29, 1.82) is 0 Å². The molecule has 1 saturated heterocycles. The van der Waals surface area contributed by atoms with E-state index in [1.165, 1.54) is 12.1 Å². The van der Waals surface area contributed by atoms with Gasteiger partial charge < -0.3 is 19.5 Å². The molecule has 1 atom stereocenters. The van der Waals surface area contributed by atoms with Crippen LogP contribution < -0.4 is 10.2 Å². The third-order valence-electron chi connectivity index (χ3n) is 4.96. The highest BCUT2D eigenvalue weighted by molar-refractivity contribution is 6.30. The van der Waals surface area contributed by atoms with Gasteiger partial charge in [0.05, 0.1) is 6.61 Å². The maximum Gasteiger partial charge on any atom is 0.252 e. The van der Waals surface area contributed by atoms with E-state index in [4.69, 9.17) is 20.9 Å². The van der Waals surface area contributed by atoms with Crippen LogP contribution in [0.15, 0.2) is 53.1 Å². The number of nitrogens with zero attached hydrogens (tertiary/aromatic N) is 3. The summed E-state index contributed by atoms with van der Waals surface area (Å²) in [5.74, 6) is 1.04. The predicted octanol–water partition coefficient (Wildman–Crippen LogP) is 3.90. The number of nitrogens with one attached hydrogen (secondary N) is 1. The van der Waals surface area contributed by atoms with Crippen molar-refractivity contribution in [3.63, 3.8) is 0 Å². The van der Waals surface area contributed by atoms with Crippen molar-refractivity contribution in [3.05, 3.63) is 65.0 Å². The lowest BCUT2D eigenvalue weighted by molar-refractivity contribution is 0.0850. The fourth-order valence-corrected chi connectivity index (χ4v) is 3.45. The Hall–Kier alpha value is -2.41. The largest absolute Gasteiger partial charge is 0.370 e. The number of hydrogen-bond donors (Lipinski definition) is 1.